The Balaban J connectivity index is -0.0000000180. The molecule has 0 aromatic carbocycles. The van der Waals surface area contributed by atoms with Crippen molar-refractivity contribution in [1.29, 1.82) is 0 Å². The van der Waals surface area contributed by atoms with Crippen LogP contribution in [0.15, 0.2) is 0 Å². The van der Waals surface area contributed by atoms with Crippen LogP contribution in [-0.4, -0.2) is 46.2 Å². The minimum atomic E-state index is -0.353. The van der Waals surface area contributed by atoms with Crippen LogP contribution in [0.2, 0.25) is 0 Å². The van der Waals surface area contributed by atoms with Gasteiger partial charge in [0.25, 0.3) is 0 Å². The summed E-state index contributed by atoms with van der Waals surface area (Å²) in [4.78, 5) is 9.87. The van der Waals surface area contributed by atoms with Gasteiger partial charge in [0, 0.05) is 24.0 Å². The zero-order chi connectivity index (χ0) is 5.70. The van der Waals surface area contributed by atoms with Crippen molar-refractivity contribution >= 4 is 5.97 Å². The fraction of sp³-hybridized carbons (Fsp3) is 0.750. The number of carbonyl (C=O) groups excluding carboxylic acids is 1. The molecule has 81 valence electrons. The molecule has 9 N–H and O–H groups in total. The van der Waals surface area contributed by atoms with E-state index in [0.717, 1.165) is 0 Å². The number of esters is 1. The monoisotopic (exact) mass is 231 g/mol. The first-order valence-electron chi connectivity index (χ1n) is 2.01. The first-order chi connectivity index (χ1) is 3.27. The van der Waals surface area contributed by atoms with E-state index in [9.17, 15) is 4.79 Å². The summed E-state index contributed by atoms with van der Waals surface area (Å²) >= 11 is 0. The molecule has 0 aromatic rings. The Morgan fingerprint density at radius 2 is 1.58 bits per heavy atom. The van der Waals surface area contributed by atoms with Crippen molar-refractivity contribution in [3.63, 3.8) is 0 Å². The summed E-state index contributed by atoms with van der Waals surface area (Å²) in [5.41, 5.74) is 0. The minimum Gasteiger partial charge on any atom is -0.463 e. The van der Waals surface area contributed by atoms with Gasteiger partial charge in [0.15, 0.2) is 0 Å². The van der Waals surface area contributed by atoms with Crippen LogP contribution in [0.25, 0.3) is 0 Å². The van der Waals surface area contributed by atoms with Crippen LogP contribution in [0.5, 0.6) is 0 Å². The van der Waals surface area contributed by atoms with Gasteiger partial charge in [0.05, 0.1) is 6.61 Å². The standard InChI is InChI=1S/C4H8O3.Mn.4H2O/c1-4(6)7-3-2-5;;;;;/h5H,2-3H2,1H3;;4*1H2. The first-order valence-corrected chi connectivity index (χ1v) is 2.01. The molecule has 0 amide bonds. The molecule has 1 radical (unpaired) electrons. The van der Waals surface area contributed by atoms with Gasteiger partial charge >= 0.3 is 5.97 Å². The van der Waals surface area contributed by atoms with Crippen molar-refractivity contribution in [1.82, 2.24) is 0 Å². The number of hydrogen-bond acceptors (Lipinski definition) is 3. The molecule has 0 bridgehead atoms. The number of carbonyl (C=O) groups is 1. The Hall–Kier alpha value is -0.211. The van der Waals surface area contributed by atoms with Crippen LogP contribution in [0, 0.1) is 0 Å². The number of rotatable bonds is 2. The second-order valence-electron chi connectivity index (χ2n) is 1.06. The maximum Gasteiger partial charge on any atom is 0.302 e. The molecule has 0 aliphatic rings. The molecule has 7 nitrogen and oxygen atoms in total. The van der Waals surface area contributed by atoms with Gasteiger partial charge in [-0.15, -0.1) is 0 Å². The summed E-state index contributed by atoms with van der Waals surface area (Å²) < 4.78 is 4.30. The van der Waals surface area contributed by atoms with E-state index in [0.29, 0.717) is 0 Å². The molecule has 0 aliphatic carbocycles. The summed E-state index contributed by atoms with van der Waals surface area (Å²) in [6, 6.07) is 0. The molecular weight excluding hydrogens is 215 g/mol. The molecule has 0 saturated carbocycles. The molecule has 0 heterocycles. The number of aliphatic hydroxyl groups is 1. The molecule has 0 aliphatic heterocycles. The van der Waals surface area contributed by atoms with E-state index >= 15 is 0 Å². The van der Waals surface area contributed by atoms with Crippen LogP contribution in [0.3, 0.4) is 0 Å². The predicted octanol–water partition coefficient (Wildman–Crippen LogP) is -3.76. The van der Waals surface area contributed by atoms with Crippen LogP contribution in [0.4, 0.5) is 0 Å². The molecule has 0 aromatic heterocycles. The molecule has 0 atom stereocenters. The topological polar surface area (TPSA) is 173 Å². The second kappa shape index (κ2) is 30.8. The molecule has 0 spiro atoms. The SMILES string of the molecule is CC(=O)OCCO.O.O.O.O.[Mn]. The van der Waals surface area contributed by atoms with E-state index in [1.165, 1.54) is 6.92 Å². The third-order valence-corrected chi connectivity index (χ3v) is 0.397. The van der Waals surface area contributed by atoms with E-state index in [1.807, 2.05) is 0 Å². The quantitative estimate of drug-likeness (QED) is 0.380. The van der Waals surface area contributed by atoms with Crippen molar-refractivity contribution in [3.05, 3.63) is 0 Å². The van der Waals surface area contributed by atoms with Gasteiger partial charge in [-0.25, -0.2) is 0 Å². The summed E-state index contributed by atoms with van der Waals surface area (Å²) in [6.07, 6.45) is 0. The number of aliphatic hydroxyl groups excluding tert-OH is 1. The number of hydrogen-bond donors (Lipinski definition) is 1. The van der Waals surface area contributed by atoms with Crippen molar-refractivity contribution in [2.75, 3.05) is 13.2 Å². The van der Waals surface area contributed by atoms with Crippen molar-refractivity contribution < 1.29 is 53.6 Å². The molecule has 8 heteroatoms. The van der Waals surface area contributed by atoms with Gasteiger partial charge in [-0.2, -0.15) is 0 Å². The van der Waals surface area contributed by atoms with Gasteiger partial charge in [-0.05, 0) is 0 Å². The largest absolute Gasteiger partial charge is 0.463 e. The van der Waals surface area contributed by atoms with E-state index in [-0.39, 0.29) is 58.2 Å². The molecule has 0 rings (SSSR count). The Bertz CT molecular complexity index is 68.4. The van der Waals surface area contributed by atoms with E-state index in [2.05, 4.69) is 4.74 Å². The van der Waals surface area contributed by atoms with Crippen molar-refractivity contribution in [2.45, 2.75) is 6.92 Å². The van der Waals surface area contributed by atoms with Crippen molar-refractivity contribution in [2.24, 2.45) is 0 Å². The normalized spacial score (nSPS) is 4.83. The molecule has 0 unspecified atom stereocenters. The first kappa shape index (κ1) is 40.9. The Kier molecular flexibility index (Phi) is 105. The summed E-state index contributed by atoms with van der Waals surface area (Å²) in [7, 11) is 0. The van der Waals surface area contributed by atoms with Crippen LogP contribution >= 0.6 is 0 Å². The van der Waals surface area contributed by atoms with Gasteiger partial charge in [-0.1, -0.05) is 0 Å². The van der Waals surface area contributed by atoms with E-state index in [1.54, 1.807) is 0 Å². The van der Waals surface area contributed by atoms with E-state index < -0.39 is 0 Å². The van der Waals surface area contributed by atoms with Crippen LogP contribution in [-0.2, 0) is 26.6 Å². The molecular formula is C4H16MnO7. The Morgan fingerprint density at radius 3 is 1.67 bits per heavy atom. The Morgan fingerprint density at radius 1 is 1.25 bits per heavy atom. The average molecular weight is 231 g/mol. The summed E-state index contributed by atoms with van der Waals surface area (Å²) in [5.74, 6) is -0.353. The van der Waals surface area contributed by atoms with Crippen LogP contribution in [0.1, 0.15) is 6.92 Å². The maximum atomic E-state index is 9.87. The zero-order valence-electron chi connectivity index (χ0n) is 6.56. The van der Waals surface area contributed by atoms with Gasteiger partial charge in [0.2, 0.25) is 0 Å². The number of ether oxygens (including phenoxy) is 1. The van der Waals surface area contributed by atoms with Gasteiger partial charge < -0.3 is 31.7 Å². The second-order valence-corrected chi connectivity index (χ2v) is 1.06. The minimum absolute atomic E-state index is 0. The fourth-order valence-electron chi connectivity index (χ4n) is 0.189. The fourth-order valence-corrected chi connectivity index (χ4v) is 0.189. The Labute approximate surface area is 80.4 Å². The average Bonchev–Trinajstić information content (AvgIpc) is 1.61. The smallest absolute Gasteiger partial charge is 0.302 e. The maximum absolute atomic E-state index is 9.87. The van der Waals surface area contributed by atoms with E-state index in [4.69, 9.17) is 5.11 Å². The van der Waals surface area contributed by atoms with Crippen LogP contribution < -0.4 is 0 Å². The summed E-state index contributed by atoms with van der Waals surface area (Å²) in [5, 5.41) is 8.04. The zero-order valence-corrected chi connectivity index (χ0v) is 7.74. The third kappa shape index (κ3) is 52.7. The molecule has 0 fully saturated rings. The molecule has 0 saturated heterocycles. The van der Waals surface area contributed by atoms with Crippen molar-refractivity contribution in [3.8, 4) is 0 Å². The molecule has 12 heavy (non-hydrogen) atoms. The van der Waals surface area contributed by atoms with Gasteiger partial charge in [0.1, 0.15) is 6.61 Å². The summed E-state index contributed by atoms with van der Waals surface area (Å²) in [6.45, 7) is 1.31. The third-order valence-electron chi connectivity index (χ3n) is 0.397. The predicted molar refractivity (Wildman–Crippen MR) is 38.2 cm³/mol. The van der Waals surface area contributed by atoms with Gasteiger partial charge in [-0.3, -0.25) is 4.79 Å².